The third-order valence-electron chi connectivity index (χ3n) is 3.66. The van der Waals surface area contributed by atoms with Crippen LogP contribution in [0.3, 0.4) is 0 Å². The highest BCUT2D eigenvalue weighted by Gasteiger charge is 2.39. The molecular formula is C15H26FNO4. The second-order valence-corrected chi connectivity index (χ2v) is 6.73. The number of hydrogen-bond donors (Lipinski definition) is 0. The molecule has 2 aliphatic heterocycles. The van der Waals surface area contributed by atoms with Gasteiger partial charge in [-0.05, 0) is 46.5 Å². The topological polar surface area (TPSA) is 48.0 Å². The molecule has 3 atom stereocenters. The number of ether oxygens (including phenoxy) is 3. The maximum Gasteiger partial charge on any atom is 0.410 e. The first-order valence-electron chi connectivity index (χ1n) is 7.71. The lowest BCUT2D eigenvalue weighted by Crippen LogP contribution is -2.41. The van der Waals surface area contributed by atoms with Crippen molar-refractivity contribution in [2.75, 3.05) is 19.8 Å². The fraction of sp³-hybridized carbons (Fsp3) is 0.933. The number of amides is 1. The highest BCUT2D eigenvalue weighted by Crippen LogP contribution is 2.26. The van der Waals surface area contributed by atoms with Crippen LogP contribution in [0.15, 0.2) is 0 Å². The molecule has 0 radical (unpaired) electrons. The number of alkyl halides is 1. The number of nitrogens with zero attached hydrogens (tertiary/aromatic N) is 1. The zero-order valence-electron chi connectivity index (χ0n) is 13.1. The van der Waals surface area contributed by atoms with Crippen LogP contribution in [0.2, 0.25) is 0 Å². The van der Waals surface area contributed by atoms with Crippen molar-refractivity contribution in [1.82, 2.24) is 4.90 Å². The summed E-state index contributed by atoms with van der Waals surface area (Å²) in [5.74, 6) is 0. The molecule has 122 valence electrons. The molecule has 21 heavy (non-hydrogen) atoms. The van der Waals surface area contributed by atoms with Gasteiger partial charge in [-0.2, -0.15) is 0 Å². The van der Waals surface area contributed by atoms with Crippen LogP contribution < -0.4 is 0 Å². The van der Waals surface area contributed by atoms with Crippen LogP contribution in [0.4, 0.5) is 9.18 Å². The predicted octanol–water partition coefficient (Wildman–Crippen LogP) is 2.88. The van der Waals surface area contributed by atoms with E-state index in [9.17, 15) is 9.18 Å². The summed E-state index contributed by atoms with van der Waals surface area (Å²) in [6.45, 7) is 5.90. The van der Waals surface area contributed by atoms with Crippen molar-refractivity contribution in [1.29, 1.82) is 0 Å². The summed E-state index contributed by atoms with van der Waals surface area (Å²) in [6, 6.07) is -0.464. The molecule has 2 fully saturated rings. The van der Waals surface area contributed by atoms with E-state index >= 15 is 0 Å². The highest BCUT2D eigenvalue weighted by molar-refractivity contribution is 5.69. The van der Waals surface area contributed by atoms with E-state index in [2.05, 4.69) is 0 Å². The first kappa shape index (κ1) is 16.5. The van der Waals surface area contributed by atoms with Crippen LogP contribution in [0.5, 0.6) is 0 Å². The first-order valence-corrected chi connectivity index (χ1v) is 7.71. The molecule has 0 bridgehead atoms. The maximum atomic E-state index is 13.2. The molecule has 0 spiro atoms. The summed E-state index contributed by atoms with van der Waals surface area (Å²) in [4.78, 5) is 13.6. The first-order chi connectivity index (χ1) is 9.89. The van der Waals surface area contributed by atoms with E-state index in [-0.39, 0.29) is 12.4 Å². The van der Waals surface area contributed by atoms with Gasteiger partial charge in [0.1, 0.15) is 12.3 Å². The standard InChI is InChI=1S/C15H26FNO4/c1-15(2,3)21-14(18)17-10-12(8-11(17)9-16)20-13-6-4-5-7-19-13/h11-13H,4-10H2,1-3H3/t11-,12+,13?/m0/s1. The molecule has 1 unspecified atom stereocenters. The second-order valence-electron chi connectivity index (χ2n) is 6.73. The van der Waals surface area contributed by atoms with Gasteiger partial charge in [0.15, 0.2) is 6.29 Å². The Morgan fingerprint density at radius 2 is 2.14 bits per heavy atom. The molecule has 0 aromatic carbocycles. The quantitative estimate of drug-likeness (QED) is 0.804. The monoisotopic (exact) mass is 303 g/mol. The Labute approximate surface area is 125 Å². The zero-order chi connectivity index (χ0) is 15.5. The van der Waals surface area contributed by atoms with Crippen molar-refractivity contribution in [2.45, 2.75) is 70.5 Å². The van der Waals surface area contributed by atoms with E-state index < -0.39 is 24.4 Å². The molecule has 0 aromatic rings. The summed E-state index contributed by atoms with van der Waals surface area (Å²) in [6.07, 6.45) is 2.63. The smallest absolute Gasteiger partial charge is 0.410 e. The lowest BCUT2D eigenvalue weighted by molar-refractivity contribution is -0.185. The summed E-state index contributed by atoms with van der Waals surface area (Å²) in [5.41, 5.74) is -0.580. The molecule has 2 saturated heterocycles. The van der Waals surface area contributed by atoms with Gasteiger partial charge in [0.25, 0.3) is 0 Å². The summed E-state index contributed by atoms with van der Waals surface area (Å²) < 4.78 is 29.9. The van der Waals surface area contributed by atoms with Crippen LogP contribution in [-0.4, -0.2) is 54.9 Å². The molecule has 2 rings (SSSR count). The lowest BCUT2D eigenvalue weighted by Gasteiger charge is -2.27. The number of halogens is 1. The number of carbonyl (C=O) groups is 1. The molecule has 5 nitrogen and oxygen atoms in total. The van der Waals surface area contributed by atoms with E-state index in [0.717, 1.165) is 19.3 Å². The van der Waals surface area contributed by atoms with Gasteiger partial charge in [-0.15, -0.1) is 0 Å². The number of likely N-dealkylation sites (tertiary alicyclic amines) is 1. The lowest BCUT2D eigenvalue weighted by atomic mass is 10.2. The van der Waals surface area contributed by atoms with Gasteiger partial charge in [0.05, 0.1) is 18.7 Å². The van der Waals surface area contributed by atoms with E-state index in [4.69, 9.17) is 14.2 Å². The van der Waals surface area contributed by atoms with Gasteiger partial charge in [-0.1, -0.05) is 0 Å². The average molecular weight is 303 g/mol. The van der Waals surface area contributed by atoms with Gasteiger partial charge in [0, 0.05) is 6.61 Å². The predicted molar refractivity (Wildman–Crippen MR) is 75.8 cm³/mol. The molecule has 6 heteroatoms. The summed E-state index contributed by atoms with van der Waals surface area (Å²) in [5, 5.41) is 0. The minimum atomic E-state index is -0.580. The Hall–Kier alpha value is -0.880. The zero-order valence-corrected chi connectivity index (χ0v) is 13.1. The fourth-order valence-electron chi connectivity index (χ4n) is 2.70. The molecule has 0 N–H and O–H groups in total. The molecule has 0 aliphatic carbocycles. The SMILES string of the molecule is CC(C)(C)OC(=O)N1C[C@H](OC2CCCCO2)C[C@H]1CF. The average Bonchev–Trinajstić information content (AvgIpc) is 2.81. The molecule has 0 saturated carbocycles. The van der Waals surface area contributed by atoms with Crippen molar-refractivity contribution < 1.29 is 23.4 Å². The van der Waals surface area contributed by atoms with Crippen molar-refractivity contribution in [2.24, 2.45) is 0 Å². The number of rotatable bonds is 3. The molecule has 2 aliphatic rings. The van der Waals surface area contributed by atoms with Crippen LogP contribution in [0.25, 0.3) is 0 Å². The van der Waals surface area contributed by atoms with Crippen molar-refractivity contribution in [3.63, 3.8) is 0 Å². The van der Waals surface area contributed by atoms with E-state index in [1.807, 2.05) is 0 Å². The fourth-order valence-corrected chi connectivity index (χ4v) is 2.70. The van der Waals surface area contributed by atoms with Gasteiger partial charge >= 0.3 is 6.09 Å². The van der Waals surface area contributed by atoms with Crippen molar-refractivity contribution in [3.8, 4) is 0 Å². The van der Waals surface area contributed by atoms with Crippen molar-refractivity contribution >= 4 is 6.09 Å². The Bertz CT molecular complexity index is 352. The van der Waals surface area contributed by atoms with Gasteiger partial charge in [-0.3, -0.25) is 4.90 Å². The summed E-state index contributed by atoms with van der Waals surface area (Å²) in [7, 11) is 0. The molecular weight excluding hydrogens is 277 g/mol. The highest BCUT2D eigenvalue weighted by atomic mass is 19.1. The van der Waals surface area contributed by atoms with E-state index in [0.29, 0.717) is 19.6 Å². The van der Waals surface area contributed by atoms with Crippen LogP contribution in [0.1, 0.15) is 46.5 Å². The Balaban J connectivity index is 1.88. The minimum absolute atomic E-state index is 0.179. The molecule has 1 amide bonds. The third kappa shape index (κ3) is 4.81. The van der Waals surface area contributed by atoms with E-state index in [1.165, 1.54) is 4.90 Å². The number of carbonyl (C=O) groups excluding carboxylic acids is 1. The molecule has 2 heterocycles. The van der Waals surface area contributed by atoms with Gasteiger partial charge in [-0.25, -0.2) is 9.18 Å². The third-order valence-corrected chi connectivity index (χ3v) is 3.66. The largest absolute Gasteiger partial charge is 0.444 e. The summed E-state index contributed by atoms with van der Waals surface area (Å²) >= 11 is 0. The normalized spacial score (nSPS) is 30.5. The van der Waals surface area contributed by atoms with Gasteiger partial charge < -0.3 is 14.2 Å². The molecule has 0 aromatic heterocycles. The second kappa shape index (κ2) is 6.92. The van der Waals surface area contributed by atoms with Crippen LogP contribution in [0, 0.1) is 0 Å². The van der Waals surface area contributed by atoms with Crippen LogP contribution in [-0.2, 0) is 14.2 Å². The number of hydrogen-bond acceptors (Lipinski definition) is 4. The Kier molecular flexibility index (Phi) is 5.43. The van der Waals surface area contributed by atoms with Crippen molar-refractivity contribution in [3.05, 3.63) is 0 Å². The Morgan fingerprint density at radius 3 is 2.71 bits per heavy atom. The van der Waals surface area contributed by atoms with Gasteiger partial charge in [0.2, 0.25) is 0 Å². The maximum absolute atomic E-state index is 13.2. The van der Waals surface area contributed by atoms with E-state index in [1.54, 1.807) is 20.8 Å². The Morgan fingerprint density at radius 1 is 1.38 bits per heavy atom. The van der Waals surface area contributed by atoms with Crippen LogP contribution >= 0.6 is 0 Å². The minimum Gasteiger partial charge on any atom is -0.444 e.